The van der Waals surface area contributed by atoms with Gasteiger partial charge in [0, 0.05) is 28.0 Å². The Kier molecular flexibility index (Phi) is 5.08. The van der Waals surface area contributed by atoms with Crippen LogP contribution in [0.5, 0.6) is 0 Å². The molecule has 0 spiro atoms. The first-order chi connectivity index (χ1) is 12.1. The number of piperidine rings is 1. The van der Waals surface area contributed by atoms with Gasteiger partial charge in [0.15, 0.2) is 0 Å². The minimum atomic E-state index is 0.366. The van der Waals surface area contributed by atoms with E-state index in [2.05, 4.69) is 48.3 Å². The molecule has 2 saturated heterocycles. The van der Waals surface area contributed by atoms with Crippen molar-refractivity contribution in [2.24, 2.45) is 5.92 Å². The molecule has 0 aliphatic carbocycles. The molecule has 4 rings (SSSR count). The van der Waals surface area contributed by atoms with Crippen molar-refractivity contribution in [1.82, 2.24) is 4.90 Å². The van der Waals surface area contributed by atoms with Crippen molar-refractivity contribution in [2.45, 2.75) is 50.1 Å². The summed E-state index contributed by atoms with van der Waals surface area (Å²) >= 11 is 12.6. The van der Waals surface area contributed by atoms with Crippen LogP contribution in [0.4, 0.5) is 0 Å². The average molecular weight is 374 g/mol. The van der Waals surface area contributed by atoms with Crippen LogP contribution in [0, 0.1) is 5.92 Å². The van der Waals surface area contributed by atoms with Crippen molar-refractivity contribution < 1.29 is 0 Å². The number of halogens is 2. The molecule has 2 aliphatic heterocycles. The quantitative estimate of drug-likeness (QED) is 0.599. The second kappa shape index (κ2) is 7.31. The molecule has 0 N–H and O–H groups in total. The maximum absolute atomic E-state index is 6.29. The molecule has 2 aliphatic rings. The minimum absolute atomic E-state index is 0.366. The Morgan fingerprint density at radius 3 is 1.92 bits per heavy atom. The predicted molar refractivity (Wildman–Crippen MR) is 107 cm³/mol. The summed E-state index contributed by atoms with van der Waals surface area (Å²) in [5, 5.41) is 1.63. The van der Waals surface area contributed by atoms with E-state index < -0.39 is 0 Å². The van der Waals surface area contributed by atoms with Gasteiger partial charge in [-0.1, -0.05) is 47.5 Å². The van der Waals surface area contributed by atoms with Crippen molar-refractivity contribution in [3.8, 4) is 0 Å². The number of benzene rings is 2. The summed E-state index contributed by atoms with van der Waals surface area (Å²) in [4.78, 5) is 2.62. The lowest BCUT2D eigenvalue weighted by molar-refractivity contribution is 0.127. The maximum Gasteiger partial charge on any atom is 0.0408 e. The molecule has 2 aromatic rings. The number of fused-ring (bicyclic) bond motifs is 2. The summed E-state index contributed by atoms with van der Waals surface area (Å²) in [6, 6.07) is 18.3. The van der Waals surface area contributed by atoms with Crippen LogP contribution < -0.4 is 0 Å². The van der Waals surface area contributed by atoms with E-state index in [1.165, 1.54) is 43.2 Å². The number of hydrogen-bond donors (Lipinski definition) is 0. The fraction of sp³-hybridized carbons (Fsp3) is 0.455. The predicted octanol–water partition coefficient (Wildman–Crippen LogP) is 6.39. The summed E-state index contributed by atoms with van der Waals surface area (Å²) < 4.78 is 0. The Hall–Kier alpha value is -1.02. The first-order valence-corrected chi connectivity index (χ1v) is 10.1. The van der Waals surface area contributed by atoms with E-state index in [-0.39, 0.29) is 0 Å². The fourth-order valence-electron chi connectivity index (χ4n) is 4.96. The molecule has 0 saturated carbocycles. The highest BCUT2D eigenvalue weighted by molar-refractivity contribution is 6.31. The third-order valence-electron chi connectivity index (χ3n) is 6.27. The number of nitrogens with zero attached hydrogens (tertiary/aromatic N) is 1. The fourth-order valence-corrected chi connectivity index (χ4v) is 5.36. The lowest BCUT2D eigenvalue weighted by atomic mass is 9.78. The molecule has 0 amide bonds. The summed E-state index contributed by atoms with van der Waals surface area (Å²) in [6.07, 6.45) is 6.57. The Bertz CT molecular complexity index is 685. The molecule has 2 unspecified atom stereocenters. The topological polar surface area (TPSA) is 3.24 Å². The van der Waals surface area contributed by atoms with Gasteiger partial charge < -0.3 is 4.90 Å². The average Bonchev–Trinajstić information content (AvgIpc) is 2.81. The first kappa shape index (κ1) is 17.4. The van der Waals surface area contributed by atoms with Crippen LogP contribution in [0.25, 0.3) is 0 Å². The first-order valence-electron chi connectivity index (χ1n) is 9.33. The Balaban J connectivity index is 1.62. The molecule has 132 valence electrons. The molecule has 2 atom stereocenters. The van der Waals surface area contributed by atoms with Crippen LogP contribution in [0.3, 0.4) is 0 Å². The molecule has 2 bridgehead atoms. The normalized spacial score (nSPS) is 26.3. The third kappa shape index (κ3) is 3.74. The highest BCUT2D eigenvalue weighted by Crippen LogP contribution is 2.43. The van der Waals surface area contributed by atoms with Crippen LogP contribution in [0.2, 0.25) is 10.0 Å². The SMILES string of the molecule is CN1C2CCC1CC(CC(c1cccc(Cl)c1)c1cccc(Cl)c1)C2. The molecule has 1 nitrogen and oxygen atoms in total. The van der Waals surface area contributed by atoms with Crippen LogP contribution in [-0.4, -0.2) is 24.0 Å². The van der Waals surface area contributed by atoms with E-state index in [0.29, 0.717) is 5.92 Å². The van der Waals surface area contributed by atoms with Crippen molar-refractivity contribution in [1.29, 1.82) is 0 Å². The lowest BCUT2D eigenvalue weighted by Gasteiger charge is -2.38. The highest BCUT2D eigenvalue weighted by atomic mass is 35.5. The second-order valence-corrected chi connectivity index (χ2v) is 8.66. The largest absolute Gasteiger partial charge is 0.300 e. The van der Waals surface area contributed by atoms with Gasteiger partial charge in [-0.15, -0.1) is 0 Å². The van der Waals surface area contributed by atoms with Gasteiger partial charge in [0.2, 0.25) is 0 Å². The molecule has 25 heavy (non-hydrogen) atoms. The van der Waals surface area contributed by atoms with Crippen LogP contribution in [0.15, 0.2) is 48.5 Å². The summed E-state index contributed by atoms with van der Waals surface area (Å²) in [5.74, 6) is 1.14. The van der Waals surface area contributed by atoms with Crippen molar-refractivity contribution in [3.05, 3.63) is 69.7 Å². The maximum atomic E-state index is 6.29. The van der Waals surface area contributed by atoms with Gasteiger partial charge in [0.25, 0.3) is 0 Å². The Morgan fingerprint density at radius 2 is 1.44 bits per heavy atom. The molecule has 2 heterocycles. The molecular weight excluding hydrogens is 349 g/mol. The van der Waals surface area contributed by atoms with Gasteiger partial charge in [-0.25, -0.2) is 0 Å². The zero-order chi connectivity index (χ0) is 17.4. The minimum Gasteiger partial charge on any atom is -0.300 e. The van der Waals surface area contributed by atoms with Crippen LogP contribution >= 0.6 is 23.2 Å². The van der Waals surface area contributed by atoms with Gasteiger partial charge >= 0.3 is 0 Å². The van der Waals surface area contributed by atoms with E-state index in [0.717, 1.165) is 28.0 Å². The molecule has 0 aromatic heterocycles. The third-order valence-corrected chi connectivity index (χ3v) is 6.74. The van der Waals surface area contributed by atoms with E-state index in [1.54, 1.807) is 0 Å². The summed E-state index contributed by atoms with van der Waals surface area (Å²) in [7, 11) is 2.31. The van der Waals surface area contributed by atoms with Gasteiger partial charge in [-0.05, 0) is 80.5 Å². The molecule has 2 aromatic carbocycles. The smallest absolute Gasteiger partial charge is 0.0408 e. The molecule has 2 fully saturated rings. The van der Waals surface area contributed by atoms with Crippen LogP contribution in [-0.2, 0) is 0 Å². The Morgan fingerprint density at radius 1 is 0.920 bits per heavy atom. The van der Waals surface area contributed by atoms with E-state index in [9.17, 15) is 0 Å². The molecular formula is C22H25Cl2N. The van der Waals surface area contributed by atoms with Crippen molar-refractivity contribution in [3.63, 3.8) is 0 Å². The second-order valence-electron chi connectivity index (χ2n) is 7.79. The summed E-state index contributed by atoms with van der Waals surface area (Å²) in [5.41, 5.74) is 2.61. The number of rotatable bonds is 4. The van der Waals surface area contributed by atoms with Crippen LogP contribution in [0.1, 0.15) is 49.1 Å². The monoisotopic (exact) mass is 373 g/mol. The van der Waals surface area contributed by atoms with Gasteiger partial charge in [0.1, 0.15) is 0 Å². The zero-order valence-corrected chi connectivity index (χ0v) is 16.2. The highest BCUT2D eigenvalue weighted by Gasteiger charge is 2.39. The van der Waals surface area contributed by atoms with E-state index >= 15 is 0 Å². The van der Waals surface area contributed by atoms with Gasteiger partial charge in [-0.2, -0.15) is 0 Å². The standard InChI is InChI=1S/C22H25Cl2N/c1-25-20-8-9-21(25)11-15(10-20)12-22(16-4-2-6-18(23)13-16)17-5-3-7-19(24)14-17/h2-7,13-15,20-22H,8-12H2,1H3. The van der Waals surface area contributed by atoms with E-state index in [1.807, 2.05) is 12.1 Å². The zero-order valence-electron chi connectivity index (χ0n) is 14.7. The molecule has 3 heteroatoms. The van der Waals surface area contributed by atoms with Gasteiger partial charge in [0.05, 0.1) is 0 Å². The van der Waals surface area contributed by atoms with Crippen molar-refractivity contribution in [2.75, 3.05) is 7.05 Å². The van der Waals surface area contributed by atoms with Gasteiger partial charge in [-0.3, -0.25) is 0 Å². The Labute approximate surface area is 160 Å². The lowest BCUT2D eigenvalue weighted by Crippen LogP contribution is -2.40. The number of hydrogen-bond acceptors (Lipinski definition) is 1. The van der Waals surface area contributed by atoms with Crippen molar-refractivity contribution >= 4 is 23.2 Å². The summed E-state index contributed by atoms with van der Waals surface area (Å²) in [6.45, 7) is 0. The van der Waals surface area contributed by atoms with E-state index in [4.69, 9.17) is 23.2 Å². The molecule has 0 radical (unpaired) electrons.